The third-order valence-corrected chi connectivity index (χ3v) is 3.23. The summed E-state index contributed by atoms with van der Waals surface area (Å²) in [6.45, 7) is 7.92. The summed E-state index contributed by atoms with van der Waals surface area (Å²) in [6, 6.07) is 10.1. The first-order chi connectivity index (χ1) is 8.97. The van der Waals surface area contributed by atoms with Gasteiger partial charge in [0, 0.05) is 6.21 Å². The van der Waals surface area contributed by atoms with Gasteiger partial charge in [0.1, 0.15) is 5.75 Å². The Labute approximate surface area is 114 Å². The van der Waals surface area contributed by atoms with Crippen molar-refractivity contribution in [2.45, 2.75) is 27.7 Å². The maximum atomic E-state index is 9.75. The Hall–Kier alpha value is -2.09. The van der Waals surface area contributed by atoms with E-state index in [-0.39, 0.29) is 0 Å². The molecule has 2 rings (SSSR count). The lowest BCUT2D eigenvalue weighted by Crippen LogP contribution is -1.87. The highest BCUT2D eigenvalue weighted by Gasteiger charge is 2.02. The fourth-order valence-corrected chi connectivity index (χ4v) is 2.07. The van der Waals surface area contributed by atoms with Crippen LogP contribution in [0.3, 0.4) is 0 Å². The lowest BCUT2D eigenvalue weighted by atomic mass is 10.1. The maximum absolute atomic E-state index is 9.75. The van der Waals surface area contributed by atoms with Crippen LogP contribution < -0.4 is 0 Å². The van der Waals surface area contributed by atoms with Crippen LogP contribution in [0.25, 0.3) is 0 Å². The summed E-state index contributed by atoms with van der Waals surface area (Å²) in [5.74, 6) is 0.365. The van der Waals surface area contributed by atoms with Gasteiger partial charge in [-0.15, -0.1) is 0 Å². The first-order valence-electron chi connectivity index (χ1n) is 6.39. The number of phenols is 1. The van der Waals surface area contributed by atoms with Crippen molar-refractivity contribution in [2.75, 3.05) is 0 Å². The van der Waals surface area contributed by atoms with Crippen LogP contribution in [-0.2, 0) is 0 Å². The number of aliphatic imine (C=N–C) groups is 1. The van der Waals surface area contributed by atoms with Crippen molar-refractivity contribution >= 4 is 11.9 Å². The fraction of sp³-hybridized carbons (Fsp3) is 0.235. The zero-order chi connectivity index (χ0) is 14.0. The van der Waals surface area contributed by atoms with Gasteiger partial charge in [-0.2, -0.15) is 0 Å². The minimum absolute atomic E-state index is 0.365. The molecule has 0 saturated carbocycles. The molecule has 0 bridgehead atoms. The number of benzene rings is 2. The van der Waals surface area contributed by atoms with Crippen LogP contribution in [0.5, 0.6) is 5.75 Å². The molecule has 2 aromatic rings. The van der Waals surface area contributed by atoms with E-state index in [0.717, 1.165) is 27.9 Å². The summed E-state index contributed by atoms with van der Waals surface area (Å²) >= 11 is 0. The molecule has 98 valence electrons. The molecular weight excluding hydrogens is 234 g/mol. The molecule has 2 aromatic carbocycles. The number of nitrogens with zero attached hydrogens (tertiary/aromatic N) is 1. The van der Waals surface area contributed by atoms with E-state index in [9.17, 15) is 5.11 Å². The molecule has 0 aliphatic rings. The first-order valence-corrected chi connectivity index (χ1v) is 6.39. The van der Waals surface area contributed by atoms with Crippen LogP contribution in [0.1, 0.15) is 27.8 Å². The van der Waals surface area contributed by atoms with Gasteiger partial charge in [-0.05, 0) is 73.7 Å². The molecule has 0 aromatic heterocycles. The molecule has 1 N–H and O–H groups in total. The Balaban J connectivity index is 2.35. The highest BCUT2D eigenvalue weighted by molar-refractivity contribution is 5.83. The number of aryl methyl sites for hydroxylation is 4. The van der Waals surface area contributed by atoms with Crippen LogP contribution in [0.2, 0.25) is 0 Å². The largest absolute Gasteiger partial charge is 0.507 e. The van der Waals surface area contributed by atoms with Gasteiger partial charge in [-0.25, -0.2) is 0 Å². The summed E-state index contributed by atoms with van der Waals surface area (Å²) in [5, 5.41) is 9.75. The second-order valence-electron chi connectivity index (χ2n) is 5.05. The number of phenolic OH excluding ortho intramolecular Hbond substituents is 1. The Morgan fingerprint density at radius 2 is 1.53 bits per heavy atom. The van der Waals surface area contributed by atoms with E-state index in [2.05, 4.69) is 37.0 Å². The van der Waals surface area contributed by atoms with Crippen LogP contribution in [0.4, 0.5) is 5.69 Å². The Kier molecular flexibility index (Phi) is 3.70. The van der Waals surface area contributed by atoms with Gasteiger partial charge in [0.25, 0.3) is 0 Å². The van der Waals surface area contributed by atoms with Crippen molar-refractivity contribution in [1.29, 1.82) is 0 Å². The molecule has 2 heteroatoms. The highest BCUT2D eigenvalue weighted by Crippen LogP contribution is 2.23. The van der Waals surface area contributed by atoms with Crippen molar-refractivity contribution in [3.8, 4) is 5.75 Å². The van der Waals surface area contributed by atoms with E-state index in [0.29, 0.717) is 5.75 Å². The summed E-state index contributed by atoms with van der Waals surface area (Å²) < 4.78 is 0. The van der Waals surface area contributed by atoms with E-state index in [1.807, 2.05) is 32.2 Å². The Bertz CT molecular complexity index is 619. The van der Waals surface area contributed by atoms with Gasteiger partial charge in [0.05, 0.1) is 5.69 Å². The third-order valence-electron chi connectivity index (χ3n) is 3.23. The van der Waals surface area contributed by atoms with Crippen molar-refractivity contribution in [1.82, 2.24) is 0 Å². The first kappa shape index (κ1) is 13.3. The zero-order valence-corrected chi connectivity index (χ0v) is 11.9. The topological polar surface area (TPSA) is 32.6 Å². The van der Waals surface area contributed by atoms with Crippen LogP contribution in [-0.4, -0.2) is 11.3 Å². The fourth-order valence-electron chi connectivity index (χ4n) is 2.07. The van der Waals surface area contributed by atoms with Gasteiger partial charge in [-0.3, -0.25) is 4.99 Å². The van der Waals surface area contributed by atoms with Crippen LogP contribution in [0.15, 0.2) is 35.3 Å². The van der Waals surface area contributed by atoms with Gasteiger partial charge >= 0.3 is 0 Å². The average molecular weight is 253 g/mol. The molecule has 0 unspecified atom stereocenters. The molecule has 0 amide bonds. The van der Waals surface area contributed by atoms with Crippen LogP contribution in [0, 0.1) is 27.7 Å². The van der Waals surface area contributed by atoms with E-state index >= 15 is 0 Å². The second-order valence-corrected chi connectivity index (χ2v) is 5.05. The quantitative estimate of drug-likeness (QED) is 0.792. The van der Waals surface area contributed by atoms with E-state index in [4.69, 9.17) is 0 Å². The molecule has 0 radical (unpaired) electrons. The predicted octanol–water partition coefficient (Wildman–Crippen LogP) is 4.38. The predicted molar refractivity (Wildman–Crippen MR) is 80.8 cm³/mol. The Morgan fingerprint density at radius 1 is 0.895 bits per heavy atom. The lowest BCUT2D eigenvalue weighted by Gasteiger charge is -2.05. The summed E-state index contributed by atoms with van der Waals surface area (Å²) in [7, 11) is 0. The lowest BCUT2D eigenvalue weighted by molar-refractivity contribution is 0.467. The molecule has 19 heavy (non-hydrogen) atoms. The smallest absolute Gasteiger partial charge is 0.121 e. The second kappa shape index (κ2) is 5.27. The zero-order valence-electron chi connectivity index (χ0n) is 11.9. The molecule has 0 aliphatic heterocycles. The van der Waals surface area contributed by atoms with Gasteiger partial charge in [0.2, 0.25) is 0 Å². The van der Waals surface area contributed by atoms with E-state index < -0.39 is 0 Å². The number of hydrogen-bond acceptors (Lipinski definition) is 2. The summed E-state index contributed by atoms with van der Waals surface area (Å²) in [5.41, 5.74) is 6.12. The van der Waals surface area contributed by atoms with Gasteiger partial charge in [-0.1, -0.05) is 12.1 Å². The minimum Gasteiger partial charge on any atom is -0.507 e. The van der Waals surface area contributed by atoms with Crippen LogP contribution >= 0.6 is 0 Å². The monoisotopic (exact) mass is 253 g/mol. The normalized spacial score (nSPS) is 11.2. The number of rotatable bonds is 2. The SMILES string of the molecule is Cc1ccc(C)c(N=Cc2cc(C)c(O)c(C)c2)c1. The van der Waals surface area contributed by atoms with E-state index in [1.54, 1.807) is 0 Å². The van der Waals surface area contributed by atoms with E-state index in [1.165, 1.54) is 5.56 Å². The molecule has 0 fully saturated rings. The Morgan fingerprint density at radius 3 is 2.16 bits per heavy atom. The molecule has 2 nitrogen and oxygen atoms in total. The van der Waals surface area contributed by atoms with Gasteiger partial charge < -0.3 is 5.11 Å². The van der Waals surface area contributed by atoms with Crippen molar-refractivity contribution in [2.24, 2.45) is 4.99 Å². The standard InChI is InChI=1S/C17H19NO/c1-11-5-6-12(2)16(7-11)18-10-15-8-13(3)17(19)14(4)9-15/h5-10,19H,1-4H3. The maximum Gasteiger partial charge on any atom is 0.121 e. The molecular formula is C17H19NO. The number of aromatic hydroxyl groups is 1. The van der Waals surface area contributed by atoms with Crippen molar-refractivity contribution in [3.63, 3.8) is 0 Å². The van der Waals surface area contributed by atoms with Crippen molar-refractivity contribution in [3.05, 3.63) is 58.1 Å². The number of hydrogen-bond donors (Lipinski definition) is 1. The highest BCUT2D eigenvalue weighted by atomic mass is 16.3. The van der Waals surface area contributed by atoms with Gasteiger partial charge in [0.15, 0.2) is 0 Å². The average Bonchev–Trinajstić information content (AvgIpc) is 2.37. The van der Waals surface area contributed by atoms with Crippen molar-refractivity contribution < 1.29 is 5.11 Å². The third kappa shape index (κ3) is 3.02. The molecule has 0 atom stereocenters. The minimum atomic E-state index is 0.365. The molecule has 0 saturated heterocycles. The summed E-state index contributed by atoms with van der Waals surface area (Å²) in [4.78, 5) is 4.54. The summed E-state index contributed by atoms with van der Waals surface area (Å²) in [6.07, 6.45) is 1.85. The molecule has 0 spiro atoms. The molecule has 0 aliphatic carbocycles. The molecule has 0 heterocycles.